The lowest BCUT2D eigenvalue weighted by molar-refractivity contribution is -0.140. The molecule has 8 heteroatoms. The highest BCUT2D eigenvalue weighted by Crippen LogP contribution is 2.02. The first kappa shape index (κ1) is 12.3. The Balaban J connectivity index is 2.75. The predicted octanol–water partition coefficient (Wildman–Crippen LogP) is -0.695. The van der Waals surface area contributed by atoms with Gasteiger partial charge in [0.15, 0.2) is 6.04 Å². The normalized spacial score (nSPS) is 11.9. The number of aromatic nitrogens is 2. The molecule has 0 radical (unpaired) electrons. The van der Waals surface area contributed by atoms with Crippen molar-refractivity contribution < 1.29 is 19.8 Å². The van der Waals surface area contributed by atoms with Gasteiger partial charge in [-0.15, -0.1) is 0 Å². The van der Waals surface area contributed by atoms with Crippen LogP contribution in [0.4, 0.5) is 0 Å². The second-order valence-corrected chi connectivity index (χ2v) is 3.16. The lowest BCUT2D eigenvalue weighted by Gasteiger charge is -2.10. The topological polar surface area (TPSA) is 112 Å². The van der Waals surface area contributed by atoms with Gasteiger partial charge in [-0.05, 0) is 0 Å². The zero-order valence-corrected chi connectivity index (χ0v) is 8.68. The van der Waals surface area contributed by atoms with Crippen molar-refractivity contribution >= 4 is 23.5 Å². The van der Waals surface area contributed by atoms with E-state index in [0.29, 0.717) is 0 Å². The zero-order chi connectivity index (χ0) is 12.1. The van der Waals surface area contributed by atoms with Gasteiger partial charge in [0, 0.05) is 0 Å². The molecule has 0 aliphatic carbocycles. The summed E-state index contributed by atoms with van der Waals surface area (Å²) in [6, 6.07) is -1.38. The number of halogens is 1. The molecule has 0 spiro atoms. The molecule has 0 bridgehead atoms. The van der Waals surface area contributed by atoms with Crippen molar-refractivity contribution in [2.75, 3.05) is 6.61 Å². The summed E-state index contributed by atoms with van der Waals surface area (Å²) in [6.45, 7) is -0.713. The van der Waals surface area contributed by atoms with Crippen LogP contribution in [0.1, 0.15) is 10.5 Å². The van der Waals surface area contributed by atoms with Crippen LogP contribution in [-0.4, -0.2) is 44.7 Å². The number of rotatable bonds is 4. The van der Waals surface area contributed by atoms with Crippen molar-refractivity contribution in [3.63, 3.8) is 0 Å². The fraction of sp³-hybridized carbons (Fsp3) is 0.250. The number of nitrogens with one attached hydrogen (secondary N) is 1. The smallest absolute Gasteiger partial charge is 0.328 e. The zero-order valence-electron chi connectivity index (χ0n) is 7.92. The van der Waals surface area contributed by atoms with Crippen LogP contribution in [0.15, 0.2) is 12.4 Å². The van der Waals surface area contributed by atoms with Crippen molar-refractivity contribution in [1.29, 1.82) is 0 Å². The minimum atomic E-state index is -1.38. The van der Waals surface area contributed by atoms with Crippen LogP contribution in [0.5, 0.6) is 0 Å². The first-order valence-electron chi connectivity index (χ1n) is 4.16. The van der Waals surface area contributed by atoms with E-state index in [1.165, 1.54) is 6.20 Å². The predicted molar refractivity (Wildman–Crippen MR) is 53.0 cm³/mol. The molecule has 0 fully saturated rings. The Kier molecular flexibility index (Phi) is 4.15. The number of carboxylic acid groups (broad SMARTS) is 1. The summed E-state index contributed by atoms with van der Waals surface area (Å²) in [5.41, 5.74) is -0.118. The van der Waals surface area contributed by atoms with Gasteiger partial charge < -0.3 is 15.5 Å². The van der Waals surface area contributed by atoms with Crippen LogP contribution >= 0.6 is 11.6 Å². The van der Waals surface area contributed by atoms with E-state index in [2.05, 4.69) is 15.3 Å². The van der Waals surface area contributed by atoms with Gasteiger partial charge in [0.1, 0.15) is 10.8 Å². The fourth-order valence-corrected chi connectivity index (χ4v) is 1.02. The van der Waals surface area contributed by atoms with Gasteiger partial charge in [0.05, 0.1) is 19.0 Å². The molecule has 0 aliphatic heterocycles. The molecule has 0 aliphatic rings. The van der Waals surface area contributed by atoms with E-state index in [-0.39, 0.29) is 10.8 Å². The van der Waals surface area contributed by atoms with Gasteiger partial charge in [0.25, 0.3) is 5.91 Å². The molecule has 1 heterocycles. The standard InChI is InChI=1S/C8H8ClN3O4/c9-6-2-10-1-4(11-6)7(14)12-5(3-13)8(15)16/h1-2,5,13H,3H2,(H,12,14)(H,15,16)/t5-/m1/s1. The van der Waals surface area contributed by atoms with Gasteiger partial charge in [0.2, 0.25) is 0 Å². The van der Waals surface area contributed by atoms with Crippen LogP contribution in [-0.2, 0) is 4.79 Å². The van der Waals surface area contributed by atoms with Gasteiger partial charge in [-0.3, -0.25) is 9.78 Å². The first-order valence-corrected chi connectivity index (χ1v) is 4.54. The van der Waals surface area contributed by atoms with Crippen molar-refractivity contribution in [2.45, 2.75) is 6.04 Å². The van der Waals surface area contributed by atoms with Crippen molar-refractivity contribution in [1.82, 2.24) is 15.3 Å². The second-order valence-electron chi connectivity index (χ2n) is 2.77. The maximum absolute atomic E-state index is 11.4. The van der Waals surface area contributed by atoms with Gasteiger partial charge in [-0.1, -0.05) is 11.6 Å². The maximum Gasteiger partial charge on any atom is 0.328 e. The van der Waals surface area contributed by atoms with Crippen LogP contribution in [0, 0.1) is 0 Å². The SMILES string of the molecule is O=C(N[C@H](CO)C(=O)O)c1cncc(Cl)n1. The molecule has 0 unspecified atom stereocenters. The molecular formula is C8H8ClN3O4. The number of hydrogen-bond acceptors (Lipinski definition) is 5. The van der Waals surface area contributed by atoms with Crippen molar-refractivity contribution in [3.8, 4) is 0 Å². The summed E-state index contributed by atoms with van der Waals surface area (Å²) in [5.74, 6) is -2.11. The molecule has 0 saturated carbocycles. The van der Waals surface area contributed by atoms with E-state index in [4.69, 9.17) is 21.8 Å². The third kappa shape index (κ3) is 3.14. The molecular weight excluding hydrogens is 238 g/mol. The molecule has 1 rings (SSSR count). The average molecular weight is 246 g/mol. The molecule has 0 aromatic carbocycles. The van der Waals surface area contributed by atoms with Gasteiger partial charge in [-0.25, -0.2) is 9.78 Å². The molecule has 0 saturated heterocycles. The fourth-order valence-electron chi connectivity index (χ4n) is 0.869. The van der Waals surface area contributed by atoms with Crippen molar-refractivity contribution in [2.24, 2.45) is 0 Å². The summed E-state index contributed by atoms with van der Waals surface area (Å²) in [6.07, 6.45) is 2.37. The Hall–Kier alpha value is -1.73. The van der Waals surface area contributed by atoms with Gasteiger partial charge >= 0.3 is 5.97 Å². The summed E-state index contributed by atoms with van der Waals surface area (Å²) in [7, 11) is 0. The lowest BCUT2D eigenvalue weighted by atomic mass is 10.3. The van der Waals surface area contributed by atoms with E-state index in [9.17, 15) is 9.59 Å². The highest BCUT2D eigenvalue weighted by Gasteiger charge is 2.20. The highest BCUT2D eigenvalue weighted by molar-refractivity contribution is 6.29. The Labute approximate surface area is 95.1 Å². The van der Waals surface area contributed by atoms with Gasteiger partial charge in [-0.2, -0.15) is 0 Å². The maximum atomic E-state index is 11.4. The molecule has 16 heavy (non-hydrogen) atoms. The summed E-state index contributed by atoms with van der Waals surface area (Å²) >= 11 is 5.50. The monoisotopic (exact) mass is 245 g/mol. The Morgan fingerprint density at radius 3 is 2.69 bits per heavy atom. The highest BCUT2D eigenvalue weighted by atomic mass is 35.5. The van der Waals surface area contributed by atoms with E-state index < -0.39 is 24.5 Å². The first-order chi connectivity index (χ1) is 7.54. The number of nitrogens with zero attached hydrogens (tertiary/aromatic N) is 2. The van der Waals surface area contributed by atoms with Crippen molar-refractivity contribution in [3.05, 3.63) is 23.2 Å². The molecule has 1 aromatic heterocycles. The van der Waals surface area contributed by atoms with E-state index >= 15 is 0 Å². The molecule has 3 N–H and O–H groups in total. The van der Waals surface area contributed by atoms with E-state index in [1.807, 2.05) is 0 Å². The molecule has 1 aromatic rings. The Morgan fingerprint density at radius 2 is 2.19 bits per heavy atom. The third-order valence-electron chi connectivity index (χ3n) is 1.62. The number of aliphatic carboxylic acids is 1. The van der Waals surface area contributed by atoms with Crippen LogP contribution in [0.2, 0.25) is 5.15 Å². The van der Waals surface area contributed by atoms with E-state index in [0.717, 1.165) is 6.20 Å². The molecule has 86 valence electrons. The number of carbonyl (C=O) groups excluding carboxylic acids is 1. The minimum absolute atomic E-state index is 0.0172. The number of aliphatic hydroxyl groups is 1. The largest absolute Gasteiger partial charge is 0.480 e. The summed E-state index contributed by atoms with van der Waals surface area (Å²) < 4.78 is 0. The minimum Gasteiger partial charge on any atom is -0.480 e. The molecule has 1 atom stereocenters. The summed E-state index contributed by atoms with van der Waals surface area (Å²) in [5, 5.41) is 19.4. The number of hydrogen-bond donors (Lipinski definition) is 3. The number of carboxylic acids is 1. The van der Waals surface area contributed by atoms with Crippen LogP contribution in [0.3, 0.4) is 0 Å². The molecule has 7 nitrogen and oxygen atoms in total. The second kappa shape index (κ2) is 5.38. The Bertz CT molecular complexity index is 412. The van der Waals surface area contributed by atoms with E-state index in [1.54, 1.807) is 0 Å². The quantitative estimate of drug-likeness (QED) is 0.647. The molecule has 1 amide bonds. The number of aliphatic hydroxyl groups excluding tert-OH is 1. The van der Waals surface area contributed by atoms with Crippen LogP contribution < -0.4 is 5.32 Å². The third-order valence-corrected chi connectivity index (χ3v) is 1.81. The Morgan fingerprint density at radius 1 is 1.50 bits per heavy atom. The average Bonchev–Trinajstić information content (AvgIpc) is 2.25. The van der Waals surface area contributed by atoms with Crippen LogP contribution in [0.25, 0.3) is 0 Å². The number of amides is 1. The number of carbonyl (C=O) groups is 2. The summed E-state index contributed by atoms with van der Waals surface area (Å²) in [4.78, 5) is 29.2. The lowest BCUT2D eigenvalue weighted by Crippen LogP contribution is -2.43.